The Morgan fingerprint density at radius 1 is 1.21 bits per heavy atom. The molecule has 0 aliphatic carbocycles. The number of imide groups is 1. The Balaban J connectivity index is 1.99. The molecule has 0 radical (unpaired) electrons. The standard InChI is InChI=1S/C13H12N4O2/c14-11-4-1-8-7-9(2-3-10(8)15-11)17-6-5-12(18)16-13(17)19/h1-4,7H,5-6H2,(H2,14,15)(H,16,18,19). The predicted molar refractivity (Wildman–Crippen MR) is 71.7 cm³/mol. The van der Waals surface area contributed by atoms with Gasteiger partial charge in [0, 0.05) is 24.0 Å². The first-order valence-electron chi connectivity index (χ1n) is 5.91. The molecular formula is C13H12N4O2. The summed E-state index contributed by atoms with van der Waals surface area (Å²) in [4.78, 5) is 28.6. The van der Waals surface area contributed by atoms with Gasteiger partial charge in [0.15, 0.2) is 0 Å². The van der Waals surface area contributed by atoms with E-state index in [1.54, 1.807) is 12.1 Å². The zero-order valence-corrected chi connectivity index (χ0v) is 10.1. The number of carbonyl (C=O) groups excluding carboxylic acids is 2. The molecule has 0 bridgehead atoms. The van der Waals surface area contributed by atoms with Gasteiger partial charge in [0.25, 0.3) is 0 Å². The zero-order chi connectivity index (χ0) is 13.4. The first-order chi connectivity index (χ1) is 9.13. The molecule has 3 N–H and O–H groups in total. The van der Waals surface area contributed by atoms with E-state index < -0.39 is 0 Å². The molecule has 3 amide bonds. The predicted octanol–water partition coefficient (Wildman–Crippen LogP) is 1.26. The van der Waals surface area contributed by atoms with Crippen LogP contribution in [0, 0.1) is 0 Å². The minimum atomic E-state index is -0.390. The number of nitrogens with zero attached hydrogens (tertiary/aromatic N) is 2. The highest BCUT2D eigenvalue weighted by molar-refractivity contribution is 6.06. The molecule has 3 rings (SSSR count). The van der Waals surface area contributed by atoms with E-state index in [0.29, 0.717) is 18.8 Å². The van der Waals surface area contributed by atoms with Gasteiger partial charge in [-0.15, -0.1) is 0 Å². The van der Waals surface area contributed by atoms with Crippen molar-refractivity contribution in [2.75, 3.05) is 17.2 Å². The van der Waals surface area contributed by atoms with Crippen molar-refractivity contribution in [1.82, 2.24) is 10.3 Å². The molecule has 0 unspecified atom stereocenters. The van der Waals surface area contributed by atoms with Crippen molar-refractivity contribution in [2.45, 2.75) is 6.42 Å². The van der Waals surface area contributed by atoms with E-state index in [0.717, 1.165) is 16.6 Å². The average Bonchev–Trinajstić information content (AvgIpc) is 2.38. The summed E-state index contributed by atoms with van der Waals surface area (Å²) >= 11 is 0. The minimum absolute atomic E-state index is 0.239. The van der Waals surface area contributed by atoms with Crippen LogP contribution < -0.4 is 16.0 Å². The summed E-state index contributed by atoms with van der Waals surface area (Å²) in [5.74, 6) is 0.220. The molecule has 1 aliphatic rings. The van der Waals surface area contributed by atoms with Crippen molar-refractivity contribution < 1.29 is 9.59 Å². The number of benzene rings is 1. The fourth-order valence-corrected chi connectivity index (χ4v) is 2.11. The monoisotopic (exact) mass is 256 g/mol. The van der Waals surface area contributed by atoms with Crippen LogP contribution in [-0.2, 0) is 4.79 Å². The molecule has 0 saturated carbocycles. The summed E-state index contributed by atoms with van der Waals surface area (Å²) in [5, 5.41) is 3.20. The SMILES string of the molecule is Nc1ccc2cc(N3CCC(=O)NC3=O)ccc2n1. The van der Waals surface area contributed by atoms with Crippen molar-refractivity contribution in [1.29, 1.82) is 0 Å². The molecule has 6 heteroatoms. The molecule has 6 nitrogen and oxygen atoms in total. The highest BCUT2D eigenvalue weighted by atomic mass is 16.2. The Bertz CT molecular complexity index is 683. The molecular weight excluding hydrogens is 244 g/mol. The quantitative estimate of drug-likeness (QED) is 0.804. The van der Waals surface area contributed by atoms with Crippen LogP contribution in [-0.4, -0.2) is 23.5 Å². The van der Waals surface area contributed by atoms with Gasteiger partial charge in [-0.2, -0.15) is 0 Å². The van der Waals surface area contributed by atoms with Crippen LogP contribution in [0.25, 0.3) is 10.9 Å². The fraction of sp³-hybridized carbons (Fsp3) is 0.154. The molecule has 0 atom stereocenters. The molecule has 2 aromatic rings. The van der Waals surface area contributed by atoms with Crippen molar-refractivity contribution in [2.24, 2.45) is 0 Å². The smallest absolute Gasteiger partial charge is 0.328 e. The van der Waals surface area contributed by atoms with Gasteiger partial charge in [-0.3, -0.25) is 15.0 Å². The molecule has 2 heterocycles. The lowest BCUT2D eigenvalue weighted by atomic mass is 10.1. The largest absolute Gasteiger partial charge is 0.384 e. The third-order valence-corrected chi connectivity index (χ3v) is 3.06. The lowest BCUT2D eigenvalue weighted by molar-refractivity contribution is -0.120. The van der Waals surface area contributed by atoms with Crippen LogP contribution in [0.5, 0.6) is 0 Å². The summed E-state index contributed by atoms with van der Waals surface area (Å²) < 4.78 is 0. The zero-order valence-electron chi connectivity index (χ0n) is 10.1. The van der Waals surface area contributed by atoms with Gasteiger partial charge >= 0.3 is 6.03 Å². The number of nitrogen functional groups attached to an aromatic ring is 1. The van der Waals surface area contributed by atoms with E-state index in [9.17, 15) is 9.59 Å². The van der Waals surface area contributed by atoms with Gasteiger partial charge in [0.2, 0.25) is 5.91 Å². The number of hydrogen-bond acceptors (Lipinski definition) is 4. The number of nitrogens with two attached hydrogens (primary N) is 1. The number of aromatic nitrogens is 1. The second-order valence-corrected chi connectivity index (χ2v) is 4.37. The fourth-order valence-electron chi connectivity index (χ4n) is 2.11. The summed E-state index contributed by atoms with van der Waals surface area (Å²) in [6.07, 6.45) is 0.309. The molecule has 1 aliphatic heterocycles. The number of hydrogen-bond donors (Lipinski definition) is 2. The Labute approximate surface area is 109 Å². The van der Waals surface area contributed by atoms with Crippen LogP contribution in [0.15, 0.2) is 30.3 Å². The van der Waals surface area contributed by atoms with Gasteiger partial charge in [0.1, 0.15) is 5.82 Å². The van der Waals surface area contributed by atoms with Gasteiger partial charge in [0.05, 0.1) is 5.52 Å². The van der Waals surface area contributed by atoms with Crippen LogP contribution in [0.3, 0.4) is 0 Å². The third kappa shape index (κ3) is 2.08. The summed E-state index contributed by atoms with van der Waals surface area (Å²) in [7, 11) is 0. The normalized spacial score (nSPS) is 15.7. The highest BCUT2D eigenvalue weighted by Crippen LogP contribution is 2.23. The van der Waals surface area contributed by atoms with Gasteiger partial charge in [-0.1, -0.05) is 0 Å². The lowest BCUT2D eigenvalue weighted by Gasteiger charge is -2.26. The summed E-state index contributed by atoms with van der Waals surface area (Å²) in [6, 6.07) is 8.64. The molecule has 1 saturated heterocycles. The summed E-state index contributed by atoms with van der Waals surface area (Å²) in [6.45, 7) is 0.387. The van der Waals surface area contributed by atoms with Crippen LogP contribution in [0.2, 0.25) is 0 Å². The van der Waals surface area contributed by atoms with Crippen molar-refractivity contribution in [3.8, 4) is 0 Å². The number of rotatable bonds is 1. The van der Waals surface area contributed by atoms with Crippen LogP contribution in [0.4, 0.5) is 16.3 Å². The minimum Gasteiger partial charge on any atom is -0.384 e. The average molecular weight is 256 g/mol. The lowest BCUT2D eigenvalue weighted by Crippen LogP contribution is -2.49. The van der Waals surface area contributed by atoms with E-state index in [4.69, 9.17) is 5.73 Å². The van der Waals surface area contributed by atoms with Gasteiger partial charge in [-0.05, 0) is 30.3 Å². The molecule has 19 heavy (non-hydrogen) atoms. The van der Waals surface area contributed by atoms with Gasteiger partial charge < -0.3 is 5.73 Å². The Morgan fingerprint density at radius 3 is 2.84 bits per heavy atom. The maximum Gasteiger partial charge on any atom is 0.328 e. The Kier molecular flexibility index (Phi) is 2.56. The molecule has 1 fully saturated rings. The molecule has 1 aromatic heterocycles. The number of carbonyl (C=O) groups is 2. The maximum atomic E-state index is 11.8. The van der Waals surface area contributed by atoms with E-state index in [-0.39, 0.29) is 11.9 Å². The van der Waals surface area contributed by atoms with E-state index in [1.807, 2.05) is 18.2 Å². The van der Waals surface area contributed by atoms with Gasteiger partial charge in [-0.25, -0.2) is 9.78 Å². The highest BCUT2D eigenvalue weighted by Gasteiger charge is 2.24. The number of urea groups is 1. The van der Waals surface area contributed by atoms with E-state index in [2.05, 4.69) is 10.3 Å². The molecule has 96 valence electrons. The third-order valence-electron chi connectivity index (χ3n) is 3.06. The Hall–Kier alpha value is -2.63. The number of amides is 3. The molecule has 0 spiro atoms. The second-order valence-electron chi connectivity index (χ2n) is 4.37. The topological polar surface area (TPSA) is 88.3 Å². The first-order valence-corrected chi connectivity index (χ1v) is 5.91. The van der Waals surface area contributed by atoms with Crippen molar-refractivity contribution in [3.05, 3.63) is 30.3 Å². The number of fused-ring (bicyclic) bond motifs is 1. The maximum absolute atomic E-state index is 11.8. The number of pyridine rings is 1. The van der Waals surface area contributed by atoms with Crippen LogP contribution >= 0.6 is 0 Å². The Morgan fingerprint density at radius 2 is 2.05 bits per heavy atom. The second kappa shape index (κ2) is 4.24. The van der Waals surface area contributed by atoms with E-state index >= 15 is 0 Å². The number of nitrogens with one attached hydrogen (secondary N) is 1. The molecule has 1 aromatic carbocycles. The van der Waals surface area contributed by atoms with Crippen LogP contribution in [0.1, 0.15) is 6.42 Å². The van der Waals surface area contributed by atoms with Crippen molar-refractivity contribution in [3.63, 3.8) is 0 Å². The first kappa shape index (κ1) is 11.5. The van der Waals surface area contributed by atoms with Crippen molar-refractivity contribution >= 4 is 34.3 Å². The number of anilines is 2. The van der Waals surface area contributed by atoms with E-state index in [1.165, 1.54) is 4.90 Å². The summed E-state index contributed by atoms with van der Waals surface area (Å²) in [5.41, 5.74) is 7.13.